The van der Waals surface area contributed by atoms with E-state index in [2.05, 4.69) is 5.32 Å². The SMILES string of the molecule is COc1ccc(Cl)cc1NC(=O)c1cc(C)c(C)cc1C. The lowest BCUT2D eigenvalue weighted by Crippen LogP contribution is -2.14. The molecular weight excluding hydrogens is 286 g/mol. The zero-order chi connectivity index (χ0) is 15.6. The molecule has 110 valence electrons. The largest absolute Gasteiger partial charge is 0.495 e. The summed E-state index contributed by atoms with van der Waals surface area (Å²) in [6, 6.07) is 9.04. The van der Waals surface area contributed by atoms with Crippen LogP contribution in [0.3, 0.4) is 0 Å². The van der Waals surface area contributed by atoms with E-state index in [1.807, 2.05) is 32.9 Å². The van der Waals surface area contributed by atoms with Crippen molar-refractivity contribution in [2.24, 2.45) is 0 Å². The van der Waals surface area contributed by atoms with Gasteiger partial charge in [-0.05, 0) is 61.7 Å². The van der Waals surface area contributed by atoms with E-state index in [1.54, 1.807) is 25.3 Å². The third kappa shape index (κ3) is 3.37. The van der Waals surface area contributed by atoms with Gasteiger partial charge < -0.3 is 10.1 Å². The zero-order valence-corrected chi connectivity index (χ0v) is 13.3. The molecule has 2 rings (SSSR count). The van der Waals surface area contributed by atoms with Gasteiger partial charge in [-0.15, -0.1) is 0 Å². The quantitative estimate of drug-likeness (QED) is 0.905. The highest BCUT2D eigenvalue weighted by Crippen LogP contribution is 2.28. The van der Waals surface area contributed by atoms with Crippen molar-refractivity contribution in [3.05, 3.63) is 57.6 Å². The maximum atomic E-state index is 12.5. The van der Waals surface area contributed by atoms with Gasteiger partial charge in [-0.1, -0.05) is 17.7 Å². The molecule has 0 heterocycles. The molecule has 0 unspecified atom stereocenters. The predicted molar refractivity (Wildman–Crippen MR) is 86.6 cm³/mol. The van der Waals surface area contributed by atoms with Crippen LogP contribution in [0.25, 0.3) is 0 Å². The van der Waals surface area contributed by atoms with Crippen molar-refractivity contribution >= 4 is 23.2 Å². The predicted octanol–water partition coefficient (Wildman–Crippen LogP) is 4.53. The molecule has 0 bridgehead atoms. The van der Waals surface area contributed by atoms with Crippen molar-refractivity contribution in [3.63, 3.8) is 0 Å². The van der Waals surface area contributed by atoms with Crippen molar-refractivity contribution in [2.45, 2.75) is 20.8 Å². The topological polar surface area (TPSA) is 38.3 Å². The number of aryl methyl sites for hydroxylation is 3. The van der Waals surface area contributed by atoms with E-state index in [-0.39, 0.29) is 5.91 Å². The number of ether oxygens (including phenoxy) is 1. The first-order chi connectivity index (χ1) is 9.92. The Labute approximate surface area is 129 Å². The van der Waals surface area contributed by atoms with Crippen molar-refractivity contribution in [1.29, 1.82) is 0 Å². The standard InChI is InChI=1S/C17H18ClNO2/c1-10-7-12(3)14(8-11(10)2)17(20)19-15-9-13(18)5-6-16(15)21-4/h5-9H,1-4H3,(H,19,20). The maximum Gasteiger partial charge on any atom is 0.256 e. The third-order valence-corrected chi connectivity index (χ3v) is 3.73. The van der Waals surface area contributed by atoms with E-state index in [1.165, 1.54) is 5.56 Å². The molecule has 0 aromatic heterocycles. The Kier molecular flexibility index (Phi) is 4.53. The van der Waals surface area contributed by atoms with Gasteiger partial charge in [0.15, 0.2) is 0 Å². The van der Waals surface area contributed by atoms with E-state index in [4.69, 9.17) is 16.3 Å². The summed E-state index contributed by atoms with van der Waals surface area (Å²) in [5, 5.41) is 3.40. The van der Waals surface area contributed by atoms with Gasteiger partial charge >= 0.3 is 0 Å². The van der Waals surface area contributed by atoms with Gasteiger partial charge in [0, 0.05) is 10.6 Å². The lowest BCUT2D eigenvalue weighted by atomic mass is 10.0. The van der Waals surface area contributed by atoms with E-state index in [0.717, 1.165) is 11.1 Å². The minimum atomic E-state index is -0.170. The Balaban J connectivity index is 2.34. The molecule has 0 radical (unpaired) electrons. The lowest BCUT2D eigenvalue weighted by molar-refractivity contribution is 0.102. The van der Waals surface area contributed by atoms with Gasteiger partial charge in [0.2, 0.25) is 0 Å². The summed E-state index contributed by atoms with van der Waals surface area (Å²) in [5.74, 6) is 0.408. The van der Waals surface area contributed by atoms with Crippen molar-refractivity contribution in [2.75, 3.05) is 12.4 Å². The first-order valence-electron chi connectivity index (χ1n) is 6.65. The normalized spacial score (nSPS) is 10.3. The molecule has 4 heteroatoms. The number of nitrogens with one attached hydrogen (secondary N) is 1. The summed E-state index contributed by atoms with van der Waals surface area (Å²) >= 11 is 5.97. The molecule has 2 aromatic carbocycles. The Morgan fingerprint density at radius 1 is 1.05 bits per heavy atom. The Morgan fingerprint density at radius 3 is 2.38 bits per heavy atom. The number of benzene rings is 2. The highest BCUT2D eigenvalue weighted by Gasteiger charge is 2.13. The summed E-state index contributed by atoms with van der Waals surface area (Å²) in [7, 11) is 1.56. The first kappa shape index (κ1) is 15.4. The Hall–Kier alpha value is -2.00. The minimum Gasteiger partial charge on any atom is -0.495 e. The number of carbonyl (C=O) groups is 1. The smallest absolute Gasteiger partial charge is 0.256 e. The van der Waals surface area contributed by atoms with Crippen LogP contribution in [0.1, 0.15) is 27.0 Å². The fraction of sp³-hybridized carbons (Fsp3) is 0.235. The lowest BCUT2D eigenvalue weighted by Gasteiger charge is -2.13. The summed E-state index contributed by atoms with van der Waals surface area (Å²) in [5.41, 5.74) is 4.41. The number of carbonyl (C=O) groups excluding carboxylic acids is 1. The van der Waals surface area contributed by atoms with Crippen LogP contribution in [-0.4, -0.2) is 13.0 Å². The highest BCUT2D eigenvalue weighted by atomic mass is 35.5. The molecule has 0 saturated carbocycles. The maximum absolute atomic E-state index is 12.5. The van der Waals surface area contributed by atoms with Gasteiger partial charge in [0.25, 0.3) is 5.91 Å². The second-order valence-corrected chi connectivity index (χ2v) is 5.49. The Bertz CT molecular complexity index is 695. The molecule has 0 spiro atoms. The number of methoxy groups -OCH3 is 1. The van der Waals surface area contributed by atoms with E-state index < -0.39 is 0 Å². The number of rotatable bonds is 3. The third-order valence-electron chi connectivity index (χ3n) is 3.50. The number of hydrogen-bond acceptors (Lipinski definition) is 2. The molecule has 21 heavy (non-hydrogen) atoms. The van der Waals surface area contributed by atoms with Gasteiger partial charge in [-0.2, -0.15) is 0 Å². The van der Waals surface area contributed by atoms with Gasteiger partial charge in [-0.25, -0.2) is 0 Å². The average molecular weight is 304 g/mol. The van der Waals surface area contributed by atoms with Crippen LogP contribution in [0.15, 0.2) is 30.3 Å². The van der Waals surface area contributed by atoms with E-state index in [0.29, 0.717) is 22.0 Å². The minimum absolute atomic E-state index is 0.170. The van der Waals surface area contributed by atoms with E-state index >= 15 is 0 Å². The number of amides is 1. The number of anilines is 1. The second kappa shape index (κ2) is 6.19. The summed E-state index contributed by atoms with van der Waals surface area (Å²) in [6.07, 6.45) is 0. The number of halogens is 1. The molecular formula is C17H18ClNO2. The number of hydrogen-bond donors (Lipinski definition) is 1. The highest BCUT2D eigenvalue weighted by molar-refractivity contribution is 6.31. The molecule has 2 aromatic rings. The first-order valence-corrected chi connectivity index (χ1v) is 7.03. The van der Waals surface area contributed by atoms with Crippen LogP contribution >= 0.6 is 11.6 Å². The Morgan fingerprint density at radius 2 is 1.71 bits per heavy atom. The van der Waals surface area contributed by atoms with Crippen LogP contribution in [0.4, 0.5) is 5.69 Å². The summed E-state index contributed by atoms with van der Waals surface area (Å²) in [4.78, 5) is 12.5. The molecule has 3 nitrogen and oxygen atoms in total. The summed E-state index contributed by atoms with van der Waals surface area (Å²) < 4.78 is 5.24. The molecule has 0 aliphatic rings. The van der Waals surface area contributed by atoms with Crippen molar-refractivity contribution in [3.8, 4) is 5.75 Å². The van der Waals surface area contributed by atoms with Crippen molar-refractivity contribution in [1.82, 2.24) is 0 Å². The monoisotopic (exact) mass is 303 g/mol. The zero-order valence-electron chi connectivity index (χ0n) is 12.6. The van der Waals surface area contributed by atoms with Gasteiger partial charge in [-0.3, -0.25) is 4.79 Å². The average Bonchev–Trinajstić information content (AvgIpc) is 2.43. The fourth-order valence-electron chi connectivity index (χ4n) is 2.17. The van der Waals surface area contributed by atoms with Crippen molar-refractivity contribution < 1.29 is 9.53 Å². The molecule has 0 aliphatic heterocycles. The summed E-state index contributed by atoms with van der Waals surface area (Å²) in [6.45, 7) is 5.95. The molecule has 0 saturated heterocycles. The fourth-order valence-corrected chi connectivity index (χ4v) is 2.34. The van der Waals surface area contributed by atoms with Gasteiger partial charge in [0.05, 0.1) is 12.8 Å². The van der Waals surface area contributed by atoms with Crippen LogP contribution in [-0.2, 0) is 0 Å². The van der Waals surface area contributed by atoms with E-state index in [9.17, 15) is 4.79 Å². The molecule has 1 amide bonds. The molecule has 0 aliphatic carbocycles. The van der Waals surface area contributed by atoms with Crippen LogP contribution < -0.4 is 10.1 Å². The van der Waals surface area contributed by atoms with Crippen LogP contribution in [0.2, 0.25) is 5.02 Å². The van der Waals surface area contributed by atoms with Crippen LogP contribution in [0, 0.1) is 20.8 Å². The molecule has 1 N–H and O–H groups in total. The molecule has 0 fully saturated rings. The van der Waals surface area contributed by atoms with Gasteiger partial charge in [0.1, 0.15) is 5.75 Å². The molecule has 0 atom stereocenters. The second-order valence-electron chi connectivity index (χ2n) is 5.05. The van der Waals surface area contributed by atoms with Crippen LogP contribution in [0.5, 0.6) is 5.75 Å².